The van der Waals surface area contributed by atoms with Crippen LogP contribution in [-0.4, -0.2) is 28.6 Å². The summed E-state index contributed by atoms with van der Waals surface area (Å²) in [7, 11) is 0. The van der Waals surface area contributed by atoms with Gasteiger partial charge in [0.25, 0.3) is 0 Å². The lowest BCUT2D eigenvalue weighted by Gasteiger charge is -2.16. The molecule has 1 saturated carbocycles. The number of nitrogens with zero attached hydrogens (tertiary/aromatic N) is 2. The van der Waals surface area contributed by atoms with Crippen LogP contribution >= 0.6 is 0 Å². The van der Waals surface area contributed by atoms with Crippen LogP contribution < -0.4 is 5.32 Å². The molecule has 5 nitrogen and oxygen atoms in total. The summed E-state index contributed by atoms with van der Waals surface area (Å²) < 4.78 is 5.15. The second kappa shape index (κ2) is 6.52. The van der Waals surface area contributed by atoms with E-state index in [-0.39, 0.29) is 5.69 Å². The lowest BCUT2D eigenvalue weighted by molar-refractivity contribution is 0.0520. The molecule has 1 aliphatic rings. The largest absolute Gasteiger partial charge is 0.461 e. The fourth-order valence-electron chi connectivity index (χ4n) is 3.02. The van der Waals surface area contributed by atoms with Gasteiger partial charge in [-0.2, -0.15) is 0 Å². The maximum atomic E-state index is 12.3. The quantitative estimate of drug-likeness (QED) is 0.870. The fourth-order valence-corrected chi connectivity index (χ4v) is 3.02. The van der Waals surface area contributed by atoms with Gasteiger partial charge in [0.15, 0.2) is 11.5 Å². The zero-order chi connectivity index (χ0) is 16.4. The van der Waals surface area contributed by atoms with Crippen molar-refractivity contribution < 1.29 is 9.53 Å². The molecule has 3 rings (SSSR count). The number of aryl methyl sites for hydroxylation is 2. The van der Waals surface area contributed by atoms with Gasteiger partial charge >= 0.3 is 5.97 Å². The maximum Gasteiger partial charge on any atom is 0.360 e. The van der Waals surface area contributed by atoms with Crippen molar-refractivity contribution in [3.63, 3.8) is 0 Å². The van der Waals surface area contributed by atoms with Gasteiger partial charge in [0.05, 0.1) is 17.6 Å². The SMILES string of the molecule is CCOC(=O)c1nc2cc(C)c(C)cc2nc1NC1CCCC1. The molecule has 0 unspecified atom stereocenters. The number of ether oxygens (including phenoxy) is 1. The molecule has 0 atom stereocenters. The van der Waals surface area contributed by atoms with Crippen LogP contribution in [0.4, 0.5) is 5.82 Å². The molecule has 0 saturated heterocycles. The monoisotopic (exact) mass is 313 g/mol. The van der Waals surface area contributed by atoms with Gasteiger partial charge in [-0.25, -0.2) is 14.8 Å². The Labute approximate surface area is 136 Å². The normalized spacial score (nSPS) is 15.1. The number of carbonyl (C=O) groups is 1. The van der Waals surface area contributed by atoms with E-state index in [0.717, 1.165) is 29.4 Å². The molecule has 122 valence electrons. The van der Waals surface area contributed by atoms with Crippen LogP contribution in [0.3, 0.4) is 0 Å². The van der Waals surface area contributed by atoms with Crippen LogP contribution in [0, 0.1) is 13.8 Å². The van der Waals surface area contributed by atoms with E-state index < -0.39 is 5.97 Å². The molecule has 0 radical (unpaired) electrons. The van der Waals surface area contributed by atoms with E-state index in [1.165, 1.54) is 18.4 Å². The van der Waals surface area contributed by atoms with E-state index in [0.29, 0.717) is 18.5 Å². The third-order valence-corrected chi connectivity index (χ3v) is 4.44. The van der Waals surface area contributed by atoms with Crippen LogP contribution in [0.5, 0.6) is 0 Å². The summed E-state index contributed by atoms with van der Waals surface area (Å²) in [5.74, 6) is 0.131. The average molecular weight is 313 g/mol. The van der Waals surface area contributed by atoms with Crippen molar-refractivity contribution in [3.8, 4) is 0 Å². The zero-order valence-corrected chi connectivity index (χ0v) is 14.0. The van der Waals surface area contributed by atoms with E-state index in [9.17, 15) is 4.79 Å². The lowest BCUT2D eigenvalue weighted by atomic mass is 10.1. The van der Waals surface area contributed by atoms with Crippen molar-refractivity contribution in [1.82, 2.24) is 9.97 Å². The van der Waals surface area contributed by atoms with Gasteiger partial charge in [0.1, 0.15) is 0 Å². The summed E-state index contributed by atoms with van der Waals surface area (Å²) in [6.45, 7) is 6.21. The van der Waals surface area contributed by atoms with Crippen LogP contribution in [0.25, 0.3) is 11.0 Å². The Hall–Kier alpha value is -2.17. The number of carbonyl (C=O) groups excluding carboxylic acids is 1. The minimum absolute atomic E-state index is 0.287. The highest BCUT2D eigenvalue weighted by Crippen LogP contribution is 2.25. The second-order valence-corrected chi connectivity index (χ2v) is 6.19. The number of benzene rings is 1. The van der Waals surface area contributed by atoms with Gasteiger partial charge in [0, 0.05) is 6.04 Å². The Kier molecular flexibility index (Phi) is 4.46. The summed E-state index contributed by atoms with van der Waals surface area (Å²) in [6.07, 6.45) is 4.64. The molecule has 1 fully saturated rings. The summed E-state index contributed by atoms with van der Waals surface area (Å²) in [4.78, 5) is 21.5. The van der Waals surface area contributed by atoms with E-state index in [1.54, 1.807) is 6.92 Å². The fraction of sp³-hybridized carbons (Fsp3) is 0.500. The van der Waals surface area contributed by atoms with Crippen LogP contribution in [0.15, 0.2) is 12.1 Å². The van der Waals surface area contributed by atoms with Gasteiger partial charge in [-0.1, -0.05) is 12.8 Å². The summed E-state index contributed by atoms with van der Waals surface area (Å²) in [6, 6.07) is 4.35. The van der Waals surface area contributed by atoms with Crippen molar-refractivity contribution in [1.29, 1.82) is 0 Å². The molecule has 0 spiro atoms. The van der Waals surface area contributed by atoms with Crippen molar-refractivity contribution in [2.45, 2.75) is 52.5 Å². The first kappa shape index (κ1) is 15.7. The molecule has 1 N–H and O–H groups in total. The number of esters is 1. The smallest absolute Gasteiger partial charge is 0.360 e. The Morgan fingerprint density at radius 1 is 1.17 bits per heavy atom. The summed E-state index contributed by atoms with van der Waals surface area (Å²) >= 11 is 0. The van der Waals surface area contributed by atoms with Crippen LogP contribution in [-0.2, 0) is 4.74 Å². The minimum Gasteiger partial charge on any atom is -0.461 e. The van der Waals surface area contributed by atoms with E-state index in [1.807, 2.05) is 19.1 Å². The molecule has 1 aromatic heterocycles. The van der Waals surface area contributed by atoms with Crippen molar-refractivity contribution in [2.24, 2.45) is 0 Å². The van der Waals surface area contributed by atoms with Gasteiger partial charge in [0.2, 0.25) is 0 Å². The molecule has 1 heterocycles. The molecule has 23 heavy (non-hydrogen) atoms. The first-order chi connectivity index (χ1) is 11.1. The van der Waals surface area contributed by atoms with Crippen molar-refractivity contribution in [3.05, 3.63) is 29.0 Å². The first-order valence-electron chi connectivity index (χ1n) is 8.31. The molecule has 0 amide bonds. The van der Waals surface area contributed by atoms with Crippen molar-refractivity contribution in [2.75, 3.05) is 11.9 Å². The summed E-state index contributed by atoms with van der Waals surface area (Å²) in [5.41, 5.74) is 4.13. The molecule has 0 aliphatic heterocycles. The number of hydrogen-bond acceptors (Lipinski definition) is 5. The Morgan fingerprint density at radius 3 is 2.39 bits per heavy atom. The third kappa shape index (κ3) is 3.28. The lowest BCUT2D eigenvalue weighted by Crippen LogP contribution is -2.20. The molecular weight excluding hydrogens is 290 g/mol. The van der Waals surface area contributed by atoms with Gasteiger partial charge in [-0.15, -0.1) is 0 Å². The summed E-state index contributed by atoms with van der Waals surface area (Å²) in [5, 5.41) is 3.40. The Bertz CT molecular complexity index is 737. The number of fused-ring (bicyclic) bond motifs is 1. The zero-order valence-electron chi connectivity index (χ0n) is 14.0. The molecule has 1 aromatic carbocycles. The van der Waals surface area contributed by atoms with E-state index >= 15 is 0 Å². The first-order valence-corrected chi connectivity index (χ1v) is 8.31. The van der Waals surface area contributed by atoms with E-state index in [2.05, 4.69) is 22.2 Å². The standard InChI is InChI=1S/C18H23N3O2/c1-4-23-18(22)16-17(19-13-7-5-6-8-13)21-15-10-12(3)11(2)9-14(15)20-16/h9-10,13H,4-8H2,1-3H3,(H,19,21). The average Bonchev–Trinajstić information content (AvgIpc) is 3.01. The third-order valence-electron chi connectivity index (χ3n) is 4.44. The van der Waals surface area contributed by atoms with Crippen molar-refractivity contribution >= 4 is 22.8 Å². The van der Waals surface area contributed by atoms with Gasteiger partial charge < -0.3 is 10.1 Å². The number of hydrogen-bond donors (Lipinski definition) is 1. The van der Waals surface area contributed by atoms with Crippen LogP contribution in [0.1, 0.15) is 54.2 Å². The number of rotatable bonds is 4. The number of anilines is 1. The highest BCUT2D eigenvalue weighted by atomic mass is 16.5. The molecule has 2 aromatic rings. The highest BCUT2D eigenvalue weighted by molar-refractivity contribution is 5.95. The topological polar surface area (TPSA) is 64.1 Å². The minimum atomic E-state index is -0.416. The molecule has 0 bridgehead atoms. The van der Waals surface area contributed by atoms with Gasteiger partial charge in [-0.05, 0) is 56.9 Å². The predicted octanol–water partition coefficient (Wildman–Crippen LogP) is 3.78. The van der Waals surface area contributed by atoms with E-state index in [4.69, 9.17) is 4.74 Å². The number of nitrogens with one attached hydrogen (secondary N) is 1. The Morgan fingerprint density at radius 2 is 1.78 bits per heavy atom. The highest BCUT2D eigenvalue weighted by Gasteiger charge is 2.22. The molecule has 1 aliphatic carbocycles. The van der Waals surface area contributed by atoms with Gasteiger partial charge in [-0.3, -0.25) is 0 Å². The molecule has 5 heteroatoms. The van der Waals surface area contributed by atoms with Crippen LogP contribution in [0.2, 0.25) is 0 Å². The number of aromatic nitrogens is 2. The predicted molar refractivity (Wildman–Crippen MR) is 90.8 cm³/mol. The Balaban J connectivity index is 2.06. The molecular formula is C18H23N3O2. The second-order valence-electron chi connectivity index (χ2n) is 6.19. The maximum absolute atomic E-state index is 12.3.